The standard InChI is InChI=1S/C28H39NO5/c1-3-5-6-7-8-9-18-33-27-16-14-26(15-17-27)29-23-24-10-12-25(13-11-24)28(30)34-22-21-32-20-19-31-4-2/h10-17,23H,3-9,18-22H2,1-2H3. The van der Waals surface area contributed by atoms with E-state index in [4.69, 9.17) is 18.9 Å². The van der Waals surface area contributed by atoms with E-state index < -0.39 is 0 Å². The van der Waals surface area contributed by atoms with Gasteiger partial charge in [0, 0.05) is 12.8 Å². The van der Waals surface area contributed by atoms with Gasteiger partial charge in [0.05, 0.1) is 37.7 Å². The summed E-state index contributed by atoms with van der Waals surface area (Å²) in [6, 6.07) is 14.9. The van der Waals surface area contributed by atoms with E-state index in [0.29, 0.717) is 32.0 Å². The second kappa shape index (κ2) is 17.7. The van der Waals surface area contributed by atoms with Crippen molar-refractivity contribution < 1.29 is 23.7 Å². The summed E-state index contributed by atoms with van der Waals surface area (Å²) in [4.78, 5) is 16.6. The number of carbonyl (C=O) groups is 1. The summed E-state index contributed by atoms with van der Waals surface area (Å²) in [6.07, 6.45) is 9.30. The molecule has 0 unspecified atom stereocenters. The highest BCUT2D eigenvalue weighted by Gasteiger charge is 2.06. The molecule has 0 bridgehead atoms. The molecule has 6 heteroatoms. The van der Waals surface area contributed by atoms with Crippen molar-refractivity contribution in [3.63, 3.8) is 0 Å². The fourth-order valence-corrected chi connectivity index (χ4v) is 3.20. The van der Waals surface area contributed by atoms with Crippen LogP contribution in [0.4, 0.5) is 5.69 Å². The minimum atomic E-state index is -0.367. The lowest BCUT2D eigenvalue weighted by Crippen LogP contribution is -2.13. The first-order valence-corrected chi connectivity index (χ1v) is 12.4. The van der Waals surface area contributed by atoms with Crippen molar-refractivity contribution in [1.82, 2.24) is 0 Å². The van der Waals surface area contributed by atoms with Gasteiger partial charge in [-0.25, -0.2) is 4.79 Å². The van der Waals surface area contributed by atoms with Gasteiger partial charge >= 0.3 is 5.97 Å². The number of esters is 1. The van der Waals surface area contributed by atoms with Crippen molar-refractivity contribution in [2.75, 3.05) is 39.6 Å². The third kappa shape index (κ3) is 12.0. The number of aliphatic imine (C=N–C) groups is 1. The molecule has 0 saturated carbocycles. The van der Waals surface area contributed by atoms with Crippen LogP contribution in [0.2, 0.25) is 0 Å². The lowest BCUT2D eigenvalue weighted by atomic mass is 10.1. The summed E-state index contributed by atoms with van der Waals surface area (Å²) in [7, 11) is 0. The Morgan fingerprint density at radius 2 is 1.44 bits per heavy atom. The minimum Gasteiger partial charge on any atom is -0.494 e. The first-order valence-electron chi connectivity index (χ1n) is 12.4. The van der Waals surface area contributed by atoms with E-state index >= 15 is 0 Å². The van der Waals surface area contributed by atoms with Crippen LogP contribution in [0.1, 0.15) is 68.3 Å². The molecule has 2 aromatic carbocycles. The van der Waals surface area contributed by atoms with Crippen molar-refractivity contribution in [2.24, 2.45) is 4.99 Å². The molecule has 0 radical (unpaired) electrons. The molecule has 0 N–H and O–H groups in total. The fourth-order valence-electron chi connectivity index (χ4n) is 3.20. The molecular formula is C28H39NO5. The zero-order valence-electron chi connectivity index (χ0n) is 20.7. The van der Waals surface area contributed by atoms with Crippen molar-refractivity contribution >= 4 is 17.9 Å². The van der Waals surface area contributed by atoms with Gasteiger partial charge in [0.15, 0.2) is 0 Å². The van der Waals surface area contributed by atoms with E-state index in [1.54, 1.807) is 18.3 Å². The maximum Gasteiger partial charge on any atom is 0.338 e. The second-order valence-corrected chi connectivity index (χ2v) is 7.94. The highest BCUT2D eigenvalue weighted by Crippen LogP contribution is 2.19. The Morgan fingerprint density at radius 1 is 0.765 bits per heavy atom. The van der Waals surface area contributed by atoms with Crippen LogP contribution in [0.15, 0.2) is 53.5 Å². The van der Waals surface area contributed by atoms with E-state index in [1.807, 2.05) is 43.3 Å². The lowest BCUT2D eigenvalue weighted by molar-refractivity contribution is 0.0164. The molecule has 0 saturated heterocycles. The zero-order chi connectivity index (χ0) is 24.3. The highest BCUT2D eigenvalue weighted by molar-refractivity contribution is 5.91. The van der Waals surface area contributed by atoms with Crippen LogP contribution in [0.25, 0.3) is 0 Å². The Labute approximate surface area is 204 Å². The van der Waals surface area contributed by atoms with Gasteiger partial charge in [-0.05, 0) is 55.3 Å². The molecule has 0 amide bonds. The maximum atomic E-state index is 12.1. The summed E-state index contributed by atoms with van der Waals surface area (Å²) in [5.41, 5.74) is 2.25. The molecule has 186 valence electrons. The first-order chi connectivity index (χ1) is 16.7. The number of nitrogens with zero attached hydrogens (tertiary/aromatic N) is 1. The molecule has 0 aromatic heterocycles. The molecular weight excluding hydrogens is 430 g/mol. The zero-order valence-corrected chi connectivity index (χ0v) is 20.7. The Bertz CT molecular complexity index is 818. The predicted octanol–water partition coefficient (Wildman–Crippen LogP) is 6.39. The van der Waals surface area contributed by atoms with E-state index in [2.05, 4.69) is 11.9 Å². The topological polar surface area (TPSA) is 66.4 Å². The average molecular weight is 470 g/mol. The molecule has 2 aromatic rings. The number of carbonyl (C=O) groups excluding carboxylic acids is 1. The molecule has 0 atom stereocenters. The van der Waals surface area contributed by atoms with Crippen LogP contribution in [0.3, 0.4) is 0 Å². The number of hydrogen-bond donors (Lipinski definition) is 0. The van der Waals surface area contributed by atoms with Gasteiger partial charge in [0.2, 0.25) is 0 Å². The number of ether oxygens (including phenoxy) is 4. The van der Waals surface area contributed by atoms with Gasteiger partial charge in [0.1, 0.15) is 12.4 Å². The van der Waals surface area contributed by atoms with Gasteiger partial charge in [0.25, 0.3) is 0 Å². The van der Waals surface area contributed by atoms with Crippen LogP contribution in [0.5, 0.6) is 5.75 Å². The third-order valence-corrected chi connectivity index (χ3v) is 5.15. The predicted molar refractivity (Wildman–Crippen MR) is 137 cm³/mol. The van der Waals surface area contributed by atoms with E-state index in [-0.39, 0.29) is 12.6 Å². The monoisotopic (exact) mass is 469 g/mol. The number of benzene rings is 2. The van der Waals surface area contributed by atoms with Crippen molar-refractivity contribution in [1.29, 1.82) is 0 Å². The summed E-state index contributed by atoms with van der Waals surface area (Å²) in [5.74, 6) is 0.503. The average Bonchev–Trinajstić information content (AvgIpc) is 2.87. The summed E-state index contributed by atoms with van der Waals surface area (Å²) >= 11 is 0. The summed E-state index contributed by atoms with van der Waals surface area (Å²) < 4.78 is 21.5. The SMILES string of the molecule is CCCCCCCCOc1ccc(N=Cc2ccc(C(=O)OCCOCCOCC)cc2)cc1. The maximum absolute atomic E-state index is 12.1. The van der Waals surface area contributed by atoms with Crippen LogP contribution in [0, 0.1) is 0 Å². The van der Waals surface area contributed by atoms with E-state index in [0.717, 1.165) is 30.0 Å². The van der Waals surface area contributed by atoms with Crippen molar-refractivity contribution in [2.45, 2.75) is 52.4 Å². The smallest absolute Gasteiger partial charge is 0.338 e. The van der Waals surface area contributed by atoms with Crippen molar-refractivity contribution in [3.8, 4) is 5.75 Å². The van der Waals surface area contributed by atoms with Crippen LogP contribution >= 0.6 is 0 Å². The molecule has 0 fully saturated rings. The Kier molecular flexibility index (Phi) is 14.4. The molecule has 0 heterocycles. The van der Waals surface area contributed by atoms with Gasteiger partial charge in [-0.15, -0.1) is 0 Å². The quantitative estimate of drug-likeness (QED) is 0.144. The van der Waals surface area contributed by atoms with Crippen LogP contribution < -0.4 is 4.74 Å². The normalized spacial score (nSPS) is 11.1. The molecule has 6 nitrogen and oxygen atoms in total. The Morgan fingerprint density at radius 3 is 2.18 bits per heavy atom. The lowest BCUT2D eigenvalue weighted by Gasteiger charge is -2.07. The summed E-state index contributed by atoms with van der Waals surface area (Å²) in [6.45, 7) is 7.20. The number of rotatable bonds is 18. The third-order valence-electron chi connectivity index (χ3n) is 5.15. The first kappa shape index (κ1) is 27.5. The molecule has 0 aliphatic carbocycles. The van der Waals surface area contributed by atoms with Gasteiger partial charge in [-0.2, -0.15) is 0 Å². The van der Waals surface area contributed by atoms with Crippen molar-refractivity contribution in [3.05, 3.63) is 59.7 Å². The Hall–Kier alpha value is -2.70. The second-order valence-electron chi connectivity index (χ2n) is 7.94. The Balaban J connectivity index is 1.67. The van der Waals surface area contributed by atoms with Gasteiger partial charge in [-0.3, -0.25) is 4.99 Å². The summed E-state index contributed by atoms with van der Waals surface area (Å²) in [5, 5.41) is 0. The highest BCUT2D eigenvalue weighted by atomic mass is 16.6. The number of unbranched alkanes of at least 4 members (excludes halogenated alkanes) is 5. The molecule has 34 heavy (non-hydrogen) atoms. The minimum absolute atomic E-state index is 0.215. The molecule has 0 aliphatic rings. The van der Waals surface area contributed by atoms with Crippen LogP contribution in [-0.4, -0.2) is 51.8 Å². The molecule has 2 rings (SSSR count). The van der Waals surface area contributed by atoms with Crippen LogP contribution in [-0.2, 0) is 14.2 Å². The fraction of sp³-hybridized carbons (Fsp3) is 0.500. The van der Waals surface area contributed by atoms with E-state index in [9.17, 15) is 4.79 Å². The molecule has 0 aliphatic heterocycles. The number of hydrogen-bond acceptors (Lipinski definition) is 6. The molecule has 0 spiro atoms. The van der Waals surface area contributed by atoms with Gasteiger partial charge < -0.3 is 18.9 Å². The van der Waals surface area contributed by atoms with Gasteiger partial charge in [-0.1, -0.05) is 51.2 Å². The largest absolute Gasteiger partial charge is 0.494 e. The van der Waals surface area contributed by atoms with E-state index in [1.165, 1.54) is 32.1 Å².